The monoisotopic (exact) mass is 192 g/mol. The van der Waals surface area contributed by atoms with Crippen LogP contribution in [0.3, 0.4) is 0 Å². The second-order valence-electron chi connectivity index (χ2n) is 3.48. The number of carbonyl (C=O) groups excluding carboxylic acids is 1. The first kappa shape index (κ1) is 10.6. The highest BCUT2D eigenvalue weighted by Gasteiger charge is 2.10. The van der Waals surface area contributed by atoms with E-state index in [1.54, 1.807) is 19.0 Å². The molecule has 0 saturated carbocycles. The molecule has 3 heteroatoms. The highest BCUT2D eigenvalue weighted by molar-refractivity contribution is 5.95. The number of carbonyl (C=O) groups is 1. The van der Waals surface area contributed by atoms with Crippen molar-refractivity contribution in [3.63, 3.8) is 0 Å². The maximum absolute atomic E-state index is 11.7. The number of anilines is 1. The molecule has 1 aromatic rings. The second-order valence-corrected chi connectivity index (χ2v) is 3.48. The van der Waals surface area contributed by atoms with Gasteiger partial charge in [0.05, 0.1) is 0 Å². The van der Waals surface area contributed by atoms with E-state index >= 15 is 0 Å². The van der Waals surface area contributed by atoms with Gasteiger partial charge in [-0.1, -0.05) is 0 Å². The first-order chi connectivity index (χ1) is 6.56. The average molecular weight is 192 g/mol. The van der Waals surface area contributed by atoms with Crippen LogP contribution in [-0.4, -0.2) is 32.0 Å². The summed E-state index contributed by atoms with van der Waals surface area (Å²) in [6.45, 7) is 1.94. The van der Waals surface area contributed by atoms with Crippen LogP contribution in [0.1, 0.15) is 15.9 Å². The number of nitrogens with one attached hydrogen (secondary N) is 1. The highest BCUT2D eigenvalue weighted by atomic mass is 16.2. The summed E-state index contributed by atoms with van der Waals surface area (Å²) in [6, 6.07) is 5.73. The summed E-state index contributed by atoms with van der Waals surface area (Å²) in [4.78, 5) is 13.3. The molecule has 0 heterocycles. The molecule has 0 bridgehead atoms. The van der Waals surface area contributed by atoms with Crippen molar-refractivity contribution in [3.05, 3.63) is 29.3 Å². The van der Waals surface area contributed by atoms with Gasteiger partial charge in [-0.15, -0.1) is 0 Å². The molecule has 0 fully saturated rings. The molecule has 1 N–H and O–H groups in total. The fraction of sp³-hybridized carbons (Fsp3) is 0.364. The van der Waals surface area contributed by atoms with Crippen LogP contribution in [0.2, 0.25) is 0 Å². The van der Waals surface area contributed by atoms with Crippen LogP contribution < -0.4 is 5.32 Å². The zero-order chi connectivity index (χ0) is 10.7. The Morgan fingerprint density at radius 2 is 2.00 bits per heavy atom. The summed E-state index contributed by atoms with van der Waals surface area (Å²) in [5.74, 6) is 0.0464. The third-order valence-electron chi connectivity index (χ3n) is 2.15. The van der Waals surface area contributed by atoms with Crippen LogP contribution >= 0.6 is 0 Å². The van der Waals surface area contributed by atoms with E-state index in [1.807, 2.05) is 32.2 Å². The standard InChI is InChI=1S/C11H16N2O/c1-8-7-9(12-2)5-6-10(8)11(14)13(3)4/h5-7,12H,1-4H3. The van der Waals surface area contributed by atoms with Gasteiger partial charge >= 0.3 is 0 Å². The second kappa shape index (κ2) is 4.13. The molecule has 1 aromatic carbocycles. The molecule has 76 valence electrons. The lowest BCUT2D eigenvalue weighted by atomic mass is 10.1. The van der Waals surface area contributed by atoms with E-state index in [4.69, 9.17) is 0 Å². The predicted octanol–water partition coefficient (Wildman–Crippen LogP) is 1.74. The molecule has 3 nitrogen and oxygen atoms in total. The minimum atomic E-state index is 0.0464. The molecular weight excluding hydrogens is 176 g/mol. The van der Waals surface area contributed by atoms with E-state index in [9.17, 15) is 4.79 Å². The van der Waals surface area contributed by atoms with Gasteiger partial charge in [-0.3, -0.25) is 4.79 Å². The largest absolute Gasteiger partial charge is 0.388 e. The van der Waals surface area contributed by atoms with E-state index in [0.29, 0.717) is 0 Å². The van der Waals surface area contributed by atoms with E-state index < -0.39 is 0 Å². The van der Waals surface area contributed by atoms with Gasteiger partial charge in [-0.25, -0.2) is 0 Å². The molecule has 0 saturated heterocycles. The van der Waals surface area contributed by atoms with Crippen molar-refractivity contribution in [1.82, 2.24) is 4.90 Å². The maximum atomic E-state index is 11.7. The van der Waals surface area contributed by atoms with Gasteiger partial charge in [-0.2, -0.15) is 0 Å². The highest BCUT2D eigenvalue weighted by Crippen LogP contribution is 2.15. The molecule has 1 amide bonds. The van der Waals surface area contributed by atoms with Crippen LogP contribution in [0.4, 0.5) is 5.69 Å². The van der Waals surface area contributed by atoms with Crippen molar-refractivity contribution in [1.29, 1.82) is 0 Å². The van der Waals surface area contributed by atoms with Crippen LogP contribution in [0.15, 0.2) is 18.2 Å². The summed E-state index contributed by atoms with van der Waals surface area (Å²) >= 11 is 0. The molecule has 0 aromatic heterocycles. The Morgan fingerprint density at radius 3 is 2.43 bits per heavy atom. The Morgan fingerprint density at radius 1 is 1.36 bits per heavy atom. The minimum absolute atomic E-state index is 0.0464. The molecule has 0 radical (unpaired) electrons. The maximum Gasteiger partial charge on any atom is 0.253 e. The Kier molecular flexibility index (Phi) is 3.12. The SMILES string of the molecule is CNc1ccc(C(=O)N(C)C)c(C)c1. The average Bonchev–Trinajstić information content (AvgIpc) is 2.16. The van der Waals surface area contributed by atoms with Gasteiger partial charge in [-0.05, 0) is 30.7 Å². The molecule has 0 spiro atoms. The van der Waals surface area contributed by atoms with Crippen molar-refractivity contribution in [2.24, 2.45) is 0 Å². The first-order valence-corrected chi connectivity index (χ1v) is 4.56. The predicted molar refractivity (Wildman–Crippen MR) is 58.7 cm³/mol. The Balaban J connectivity index is 3.06. The summed E-state index contributed by atoms with van der Waals surface area (Å²) in [5, 5.41) is 3.04. The Hall–Kier alpha value is -1.51. The first-order valence-electron chi connectivity index (χ1n) is 4.56. The summed E-state index contributed by atoms with van der Waals surface area (Å²) < 4.78 is 0. The molecule has 14 heavy (non-hydrogen) atoms. The molecular formula is C11H16N2O. The van der Waals surface area contributed by atoms with E-state index in [0.717, 1.165) is 16.8 Å². The third kappa shape index (κ3) is 2.05. The van der Waals surface area contributed by atoms with Gasteiger partial charge in [0, 0.05) is 32.4 Å². The third-order valence-corrected chi connectivity index (χ3v) is 2.15. The lowest BCUT2D eigenvalue weighted by Crippen LogP contribution is -2.22. The number of nitrogens with zero attached hydrogens (tertiary/aromatic N) is 1. The van der Waals surface area contributed by atoms with Crippen molar-refractivity contribution in [2.75, 3.05) is 26.5 Å². The molecule has 0 aliphatic heterocycles. The number of aryl methyl sites for hydroxylation is 1. The smallest absolute Gasteiger partial charge is 0.253 e. The summed E-state index contributed by atoms with van der Waals surface area (Å²) in [5.41, 5.74) is 2.78. The van der Waals surface area contributed by atoms with Crippen LogP contribution in [0.25, 0.3) is 0 Å². The Labute approximate surface area is 84.7 Å². The normalized spacial score (nSPS) is 9.71. The lowest BCUT2D eigenvalue weighted by molar-refractivity contribution is 0.0827. The minimum Gasteiger partial charge on any atom is -0.388 e. The van der Waals surface area contributed by atoms with Crippen molar-refractivity contribution in [2.45, 2.75) is 6.92 Å². The number of hydrogen-bond acceptors (Lipinski definition) is 2. The van der Waals surface area contributed by atoms with Gasteiger partial charge in [0.25, 0.3) is 5.91 Å². The number of rotatable bonds is 2. The summed E-state index contributed by atoms with van der Waals surface area (Å²) in [7, 11) is 5.38. The van der Waals surface area contributed by atoms with Gasteiger partial charge < -0.3 is 10.2 Å². The van der Waals surface area contributed by atoms with Crippen LogP contribution in [0.5, 0.6) is 0 Å². The molecule has 1 rings (SSSR count). The number of benzene rings is 1. The van der Waals surface area contributed by atoms with Gasteiger partial charge in [0.2, 0.25) is 0 Å². The van der Waals surface area contributed by atoms with Crippen molar-refractivity contribution < 1.29 is 4.79 Å². The Bertz CT molecular complexity index is 345. The number of amides is 1. The topological polar surface area (TPSA) is 32.3 Å². The van der Waals surface area contributed by atoms with E-state index in [1.165, 1.54) is 0 Å². The molecule has 0 aliphatic carbocycles. The van der Waals surface area contributed by atoms with E-state index in [2.05, 4.69) is 5.32 Å². The van der Waals surface area contributed by atoms with E-state index in [-0.39, 0.29) is 5.91 Å². The fourth-order valence-corrected chi connectivity index (χ4v) is 1.30. The quantitative estimate of drug-likeness (QED) is 0.774. The van der Waals surface area contributed by atoms with Crippen molar-refractivity contribution >= 4 is 11.6 Å². The zero-order valence-corrected chi connectivity index (χ0v) is 9.09. The number of hydrogen-bond donors (Lipinski definition) is 1. The van der Waals surface area contributed by atoms with Crippen LogP contribution in [0, 0.1) is 6.92 Å². The summed E-state index contributed by atoms with van der Waals surface area (Å²) in [6.07, 6.45) is 0. The lowest BCUT2D eigenvalue weighted by Gasteiger charge is -2.13. The molecule has 0 aliphatic rings. The zero-order valence-electron chi connectivity index (χ0n) is 9.09. The molecule has 0 unspecified atom stereocenters. The van der Waals surface area contributed by atoms with Crippen LogP contribution in [-0.2, 0) is 0 Å². The fourth-order valence-electron chi connectivity index (χ4n) is 1.30. The van der Waals surface area contributed by atoms with Crippen molar-refractivity contribution in [3.8, 4) is 0 Å². The molecule has 0 atom stereocenters. The van der Waals surface area contributed by atoms with Gasteiger partial charge in [0.15, 0.2) is 0 Å². The van der Waals surface area contributed by atoms with Gasteiger partial charge in [0.1, 0.15) is 0 Å².